The van der Waals surface area contributed by atoms with Gasteiger partial charge in [0.25, 0.3) is 0 Å². The van der Waals surface area contributed by atoms with E-state index in [0.29, 0.717) is 19.8 Å². The third-order valence-electron chi connectivity index (χ3n) is 4.55. The molecule has 0 spiro atoms. The molecule has 1 aliphatic rings. The van der Waals surface area contributed by atoms with Crippen LogP contribution in [0.15, 0.2) is 24.3 Å². The summed E-state index contributed by atoms with van der Waals surface area (Å²) in [5.74, 6) is -0.0305. The van der Waals surface area contributed by atoms with E-state index in [0.717, 1.165) is 13.1 Å². The fraction of sp³-hybridized carbons (Fsp3) is 0.667. The summed E-state index contributed by atoms with van der Waals surface area (Å²) in [6.07, 6.45) is 2.34. The van der Waals surface area contributed by atoms with Crippen LogP contribution in [0.2, 0.25) is 0 Å². The van der Waals surface area contributed by atoms with Gasteiger partial charge in [0.15, 0.2) is 0 Å². The van der Waals surface area contributed by atoms with Crippen molar-refractivity contribution in [3.05, 3.63) is 35.4 Å². The van der Waals surface area contributed by atoms with Crippen molar-refractivity contribution in [3.63, 3.8) is 0 Å². The number of nitrogens with one attached hydrogen (secondary N) is 1. The highest BCUT2D eigenvalue weighted by atomic mass is 32.2. The van der Waals surface area contributed by atoms with Crippen molar-refractivity contribution in [2.24, 2.45) is 0 Å². The highest BCUT2D eigenvalue weighted by Crippen LogP contribution is 2.27. The highest BCUT2D eigenvalue weighted by molar-refractivity contribution is 7.89. The van der Waals surface area contributed by atoms with E-state index >= 15 is 0 Å². The Morgan fingerprint density at radius 1 is 1.16 bits per heavy atom. The van der Waals surface area contributed by atoms with Crippen LogP contribution in [0.5, 0.6) is 0 Å². The molecule has 7 heteroatoms. The van der Waals surface area contributed by atoms with Gasteiger partial charge in [0.2, 0.25) is 10.0 Å². The molecular formula is C18H30N2O4S. The fourth-order valence-corrected chi connectivity index (χ4v) is 4.03. The summed E-state index contributed by atoms with van der Waals surface area (Å²) >= 11 is 0. The Morgan fingerprint density at radius 3 is 2.56 bits per heavy atom. The number of likely N-dealkylation sites (tertiary alicyclic amines) is 1. The Labute approximate surface area is 151 Å². The lowest BCUT2D eigenvalue weighted by Gasteiger charge is -2.29. The summed E-state index contributed by atoms with van der Waals surface area (Å²) in [5.41, 5.74) is 2.39. The van der Waals surface area contributed by atoms with Crippen LogP contribution < -0.4 is 4.72 Å². The number of benzene rings is 1. The van der Waals surface area contributed by atoms with Crippen LogP contribution in [0.1, 0.15) is 30.0 Å². The zero-order valence-corrected chi connectivity index (χ0v) is 16.1. The highest BCUT2D eigenvalue weighted by Gasteiger charge is 2.26. The van der Waals surface area contributed by atoms with Gasteiger partial charge in [-0.2, -0.15) is 0 Å². The second-order valence-electron chi connectivity index (χ2n) is 6.39. The molecule has 0 aliphatic carbocycles. The summed E-state index contributed by atoms with van der Waals surface area (Å²) in [4.78, 5) is 2.37. The molecule has 0 radical (unpaired) electrons. The summed E-state index contributed by atoms with van der Waals surface area (Å²) in [5, 5.41) is 0. The molecule has 1 fully saturated rings. The first-order chi connectivity index (χ1) is 12.0. The molecule has 0 saturated carbocycles. The van der Waals surface area contributed by atoms with Crippen molar-refractivity contribution < 1.29 is 17.9 Å². The largest absolute Gasteiger partial charge is 0.382 e. The Bertz CT molecular complexity index is 615. The van der Waals surface area contributed by atoms with Crippen molar-refractivity contribution in [1.82, 2.24) is 9.62 Å². The molecule has 1 unspecified atom stereocenters. The molecule has 25 heavy (non-hydrogen) atoms. The van der Waals surface area contributed by atoms with Gasteiger partial charge in [-0.15, -0.1) is 0 Å². The molecule has 2 rings (SSSR count). The number of methoxy groups -OCH3 is 1. The topological polar surface area (TPSA) is 67.9 Å². The van der Waals surface area contributed by atoms with E-state index in [4.69, 9.17) is 9.47 Å². The molecule has 0 amide bonds. The maximum Gasteiger partial charge on any atom is 0.213 e. The lowest BCUT2D eigenvalue weighted by Crippen LogP contribution is -2.38. The smallest absolute Gasteiger partial charge is 0.213 e. The molecule has 1 aliphatic heterocycles. The number of ether oxygens (including phenoxy) is 2. The lowest BCUT2D eigenvalue weighted by molar-refractivity contribution is 0.0784. The van der Waals surface area contributed by atoms with Gasteiger partial charge >= 0.3 is 0 Å². The van der Waals surface area contributed by atoms with E-state index in [1.807, 2.05) is 12.1 Å². The van der Waals surface area contributed by atoms with E-state index in [9.17, 15) is 8.42 Å². The van der Waals surface area contributed by atoms with Crippen LogP contribution in [0, 0.1) is 6.92 Å². The minimum Gasteiger partial charge on any atom is -0.382 e. The van der Waals surface area contributed by atoms with Crippen LogP contribution in [0.4, 0.5) is 0 Å². The maximum atomic E-state index is 12.3. The van der Waals surface area contributed by atoms with E-state index < -0.39 is 10.0 Å². The molecule has 0 aromatic heterocycles. The Morgan fingerprint density at radius 2 is 1.88 bits per heavy atom. The van der Waals surface area contributed by atoms with Gasteiger partial charge in [0.05, 0.1) is 25.6 Å². The number of rotatable bonds is 11. The van der Waals surface area contributed by atoms with Crippen LogP contribution in [-0.4, -0.2) is 65.6 Å². The van der Waals surface area contributed by atoms with Crippen molar-refractivity contribution in [2.75, 3.05) is 52.3 Å². The maximum absolute atomic E-state index is 12.3. The predicted molar refractivity (Wildman–Crippen MR) is 99.2 cm³/mol. The first-order valence-corrected chi connectivity index (χ1v) is 10.5. The first kappa shape index (κ1) is 20.3. The SMILES string of the molecule is COCCOCCS(=O)(=O)NCC(c1ccccc1C)N1CCCC1. The number of hydrogen-bond acceptors (Lipinski definition) is 5. The van der Waals surface area contributed by atoms with Gasteiger partial charge in [-0.3, -0.25) is 4.90 Å². The fourth-order valence-electron chi connectivity index (χ4n) is 3.14. The Kier molecular flexibility index (Phi) is 8.32. The van der Waals surface area contributed by atoms with Gasteiger partial charge in [-0.25, -0.2) is 13.1 Å². The van der Waals surface area contributed by atoms with Crippen molar-refractivity contribution in [3.8, 4) is 0 Å². The Balaban J connectivity index is 1.94. The lowest BCUT2D eigenvalue weighted by atomic mass is 10.0. The summed E-state index contributed by atoms with van der Waals surface area (Å²) in [7, 11) is -1.77. The molecule has 1 aromatic carbocycles. The Hall–Kier alpha value is -0.990. The van der Waals surface area contributed by atoms with E-state index in [-0.39, 0.29) is 18.4 Å². The second kappa shape index (κ2) is 10.2. The molecule has 1 N–H and O–H groups in total. The molecule has 1 aromatic rings. The van der Waals surface area contributed by atoms with Crippen LogP contribution >= 0.6 is 0 Å². The zero-order valence-electron chi connectivity index (χ0n) is 15.2. The monoisotopic (exact) mass is 370 g/mol. The number of aryl methyl sites for hydroxylation is 1. The zero-order chi connectivity index (χ0) is 18.1. The minimum absolute atomic E-state index is 0.0305. The third-order valence-corrected chi connectivity index (χ3v) is 5.86. The minimum atomic E-state index is -3.36. The average molecular weight is 371 g/mol. The van der Waals surface area contributed by atoms with Crippen LogP contribution in [0.3, 0.4) is 0 Å². The summed E-state index contributed by atoms with van der Waals surface area (Å²) in [6, 6.07) is 8.29. The van der Waals surface area contributed by atoms with Gasteiger partial charge in [0.1, 0.15) is 0 Å². The van der Waals surface area contributed by atoms with Gasteiger partial charge in [-0.05, 0) is 44.0 Å². The van der Waals surface area contributed by atoms with Crippen molar-refractivity contribution in [1.29, 1.82) is 0 Å². The van der Waals surface area contributed by atoms with Gasteiger partial charge < -0.3 is 9.47 Å². The number of hydrogen-bond donors (Lipinski definition) is 1. The standard InChI is InChI=1S/C18H30N2O4S/c1-16-7-3-4-8-17(16)18(20-9-5-6-10-20)15-19-25(21,22)14-13-24-12-11-23-2/h3-4,7-8,18-19H,5-6,9-15H2,1-2H3. The molecular weight excluding hydrogens is 340 g/mol. The van der Waals surface area contributed by atoms with E-state index in [1.54, 1.807) is 7.11 Å². The summed E-state index contributed by atoms with van der Waals surface area (Å²) < 4.78 is 37.4. The number of nitrogens with zero attached hydrogens (tertiary/aromatic N) is 1. The van der Waals surface area contributed by atoms with Crippen molar-refractivity contribution >= 4 is 10.0 Å². The van der Waals surface area contributed by atoms with Crippen molar-refractivity contribution in [2.45, 2.75) is 25.8 Å². The van der Waals surface area contributed by atoms with Gasteiger partial charge in [-0.1, -0.05) is 24.3 Å². The molecule has 6 nitrogen and oxygen atoms in total. The predicted octanol–water partition coefficient (Wildman–Crippen LogP) is 1.71. The summed E-state index contributed by atoms with van der Waals surface area (Å²) in [6.45, 7) is 5.56. The van der Waals surface area contributed by atoms with Gasteiger partial charge in [0, 0.05) is 19.7 Å². The molecule has 142 valence electrons. The normalized spacial score (nSPS) is 17.0. The van der Waals surface area contributed by atoms with E-state index in [1.165, 1.54) is 24.0 Å². The van der Waals surface area contributed by atoms with Crippen LogP contribution in [-0.2, 0) is 19.5 Å². The first-order valence-electron chi connectivity index (χ1n) is 8.87. The molecule has 1 saturated heterocycles. The van der Waals surface area contributed by atoms with Crippen LogP contribution in [0.25, 0.3) is 0 Å². The molecule has 1 heterocycles. The van der Waals surface area contributed by atoms with E-state index in [2.05, 4.69) is 28.7 Å². The molecule has 1 atom stereocenters. The third kappa shape index (κ3) is 6.67. The average Bonchev–Trinajstić information content (AvgIpc) is 3.10. The number of sulfonamides is 1. The molecule has 0 bridgehead atoms. The second-order valence-corrected chi connectivity index (χ2v) is 8.31. The quantitative estimate of drug-likeness (QED) is 0.601.